The van der Waals surface area contributed by atoms with Gasteiger partial charge in [-0.25, -0.2) is 31.9 Å². The molecule has 0 aliphatic carbocycles. The lowest BCUT2D eigenvalue weighted by Gasteiger charge is -2.14. The van der Waals surface area contributed by atoms with Crippen LogP contribution in [0.15, 0.2) is 41.7 Å². The standard InChI is InChI=1S/C20H17ClF2N6O5S/c1-32-18-16(34-9-13(22)23)19(33-2)28-20(27-18)29-35(30,31)12-8-26-15-10(12)4-5-11(21)14(15)17-24-6-3-7-25-17/h3-8,13,26H,9H2,1-2H3,(H,27,28,29). The Hall–Kier alpha value is -3.78. The Kier molecular flexibility index (Phi) is 6.84. The molecule has 15 heteroatoms. The highest BCUT2D eigenvalue weighted by atomic mass is 35.5. The quantitative estimate of drug-likeness (QED) is 0.335. The van der Waals surface area contributed by atoms with Crippen LogP contribution < -0.4 is 18.9 Å². The summed E-state index contributed by atoms with van der Waals surface area (Å²) >= 11 is 6.35. The molecule has 0 aliphatic rings. The number of benzene rings is 1. The highest BCUT2D eigenvalue weighted by Gasteiger charge is 2.26. The van der Waals surface area contributed by atoms with Gasteiger partial charge in [-0.1, -0.05) is 11.6 Å². The van der Waals surface area contributed by atoms with Crippen molar-refractivity contribution in [2.24, 2.45) is 0 Å². The van der Waals surface area contributed by atoms with E-state index < -0.39 is 29.0 Å². The fraction of sp³-hybridized carbons (Fsp3) is 0.200. The van der Waals surface area contributed by atoms with Gasteiger partial charge in [-0.2, -0.15) is 9.97 Å². The van der Waals surface area contributed by atoms with Gasteiger partial charge in [0.2, 0.25) is 11.7 Å². The van der Waals surface area contributed by atoms with Gasteiger partial charge in [-0.05, 0) is 18.2 Å². The van der Waals surface area contributed by atoms with Gasteiger partial charge in [-0.3, -0.25) is 0 Å². The summed E-state index contributed by atoms with van der Waals surface area (Å²) in [6.07, 6.45) is 1.56. The second-order valence-electron chi connectivity index (χ2n) is 6.77. The van der Waals surface area contributed by atoms with Crippen LogP contribution >= 0.6 is 11.6 Å². The van der Waals surface area contributed by atoms with E-state index in [1.807, 2.05) is 0 Å². The monoisotopic (exact) mass is 526 g/mol. The molecule has 0 spiro atoms. The average molecular weight is 527 g/mol. The van der Waals surface area contributed by atoms with Crippen molar-refractivity contribution in [2.45, 2.75) is 11.3 Å². The van der Waals surface area contributed by atoms with E-state index in [1.165, 1.54) is 44.9 Å². The predicted molar refractivity (Wildman–Crippen MR) is 122 cm³/mol. The summed E-state index contributed by atoms with van der Waals surface area (Å²) in [7, 11) is -1.86. The zero-order valence-corrected chi connectivity index (χ0v) is 19.7. The predicted octanol–water partition coefficient (Wildman–Crippen LogP) is 3.53. The Morgan fingerprint density at radius 1 is 1.11 bits per heavy atom. The minimum atomic E-state index is -4.26. The number of ether oxygens (including phenoxy) is 3. The number of methoxy groups -OCH3 is 2. The maximum absolute atomic E-state index is 13.2. The van der Waals surface area contributed by atoms with Crippen LogP contribution in [0, 0.1) is 0 Å². The molecule has 3 heterocycles. The first-order valence-corrected chi connectivity index (χ1v) is 11.6. The summed E-state index contributed by atoms with van der Waals surface area (Å²) in [4.78, 5) is 18.9. The smallest absolute Gasteiger partial charge is 0.272 e. The summed E-state index contributed by atoms with van der Waals surface area (Å²) < 4.78 is 68.9. The second-order valence-corrected chi connectivity index (χ2v) is 8.83. The van der Waals surface area contributed by atoms with Crippen LogP contribution in [0.4, 0.5) is 14.7 Å². The molecule has 0 aliphatic heterocycles. The molecule has 0 saturated carbocycles. The van der Waals surface area contributed by atoms with E-state index in [-0.39, 0.29) is 22.4 Å². The number of aromatic amines is 1. The van der Waals surface area contributed by atoms with Gasteiger partial charge >= 0.3 is 0 Å². The van der Waals surface area contributed by atoms with Crippen molar-refractivity contribution >= 4 is 38.5 Å². The lowest BCUT2D eigenvalue weighted by atomic mass is 10.1. The third-order valence-corrected chi connectivity index (χ3v) is 6.30. The van der Waals surface area contributed by atoms with Crippen molar-refractivity contribution in [3.63, 3.8) is 0 Å². The molecule has 3 aromatic heterocycles. The van der Waals surface area contributed by atoms with Gasteiger partial charge in [0.25, 0.3) is 28.2 Å². The van der Waals surface area contributed by atoms with Gasteiger partial charge in [-0.15, -0.1) is 0 Å². The molecule has 0 bridgehead atoms. The first-order valence-electron chi connectivity index (χ1n) is 9.76. The van der Waals surface area contributed by atoms with Gasteiger partial charge in [0.15, 0.2) is 5.82 Å². The van der Waals surface area contributed by atoms with Crippen molar-refractivity contribution in [2.75, 3.05) is 25.5 Å². The van der Waals surface area contributed by atoms with Crippen LogP contribution in [0.1, 0.15) is 0 Å². The maximum Gasteiger partial charge on any atom is 0.272 e. The van der Waals surface area contributed by atoms with E-state index >= 15 is 0 Å². The molecule has 35 heavy (non-hydrogen) atoms. The van der Waals surface area contributed by atoms with Gasteiger partial charge in [0, 0.05) is 24.0 Å². The normalized spacial score (nSPS) is 11.6. The molecule has 0 atom stereocenters. The topological polar surface area (TPSA) is 141 Å². The summed E-state index contributed by atoms with van der Waals surface area (Å²) in [5.74, 6) is -1.03. The first-order chi connectivity index (χ1) is 16.7. The van der Waals surface area contributed by atoms with Gasteiger partial charge in [0.1, 0.15) is 11.5 Å². The molecular formula is C20H17ClF2N6O5S. The molecule has 4 rings (SSSR count). The largest absolute Gasteiger partial charge is 0.478 e. The van der Waals surface area contributed by atoms with Crippen molar-refractivity contribution in [1.82, 2.24) is 24.9 Å². The number of anilines is 1. The molecule has 2 N–H and O–H groups in total. The average Bonchev–Trinajstić information content (AvgIpc) is 3.27. The molecule has 1 aromatic carbocycles. The molecule has 11 nitrogen and oxygen atoms in total. The van der Waals surface area contributed by atoms with Crippen LogP contribution in [0.3, 0.4) is 0 Å². The van der Waals surface area contributed by atoms with E-state index in [0.717, 1.165) is 0 Å². The number of hydrogen-bond donors (Lipinski definition) is 2. The Morgan fingerprint density at radius 2 is 1.77 bits per heavy atom. The number of halogens is 3. The third-order valence-electron chi connectivity index (χ3n) is 4.62. The summed E-state index contributed by atoms with van der Waals surface area (Å²) in [6.45, 7) is -0.966. The molecule has 0 saturated heterocycles. The zero-order valence-electron chi connectivity index (χ0n) is 18.1. The van der Waals surface area contributed by atoms with E-state index in [2.05, 4.69) is 29.6 Å². The van der Waals surface area contributed by atoms with Crippen LogP contribution in [-0.4, -0.2) is 60.6 Å². The van der Waals surface area contributed by atoms with E-state index in [4.69, 9.17) is 25.8 Å². The molecule has 184 valence electrons. The number of nitrogens with zero attached hydrogens (tertiary/aromatic N) is 4. The zero-order chi connectivity index (χ0) is 25.2. The van der Waals surface area contributed by atoms with Crippen molar-refractivity contribution < 1.29 is 31.4 Å². The molecule has 0 fully saturated rings. The summed E-state index contributed by atoms with van der Waals surface area (Å²) in [6, 6.07) is 4.69. The molecule has 0 unspecified atom stereocenters. The van der Waals surface area contributed by atoms with Crippen LogP contribution in [0.2, 0.25) is 5.02 Å². The first kappa shape index (κ1) is 24.3. The SMILES string of the molecule is COc1nc(NS(=O)(=O)c2c[nH]c3c(-c4ncccn4)c(Cl)ccc23)nc(OC)c1OCC(F)F. The van der Waals surface area contributed by atoms with Crippen LogP contribution in [0.5, 0.6) is 17.5 Å². The summed E-state index contributed by atoms with van der Waals surface area (Å²) in [5.41, 5.74) is 0.822. The molecular weight excluding hydrogens is 510 g/mol. The number of hydrogen-bond acceptors (Lipinski definition) is 9. The van der Waals surface area contributed by atoms with Crippen LogP contribution in [-0.2, 0) is 10.0 Å². The number of aromatic nitrogens is 5. The number of sulfonamides is 1. The highest BCUT2D eigenvalue weighted by Crippen LogP contribution is 2.38. The lowest BCUT2D eigenvalue weighted by molar-refractivity contribution is 0.0781. The third kappa shape index (κ3) is 4.88. The second kappa shape index (κ2) is 9.84. The van der Waals surface area contributed by atoms with E-state index in [1.54, 1.807) is 6.07 Å². The Morgan fingerprint density at radius 3 is 2.37 bits per heavy atom. The number of alkyl halides is 2. The molecule has 0 amide bonds. The number of fused-ring (bicyclic) bond motifs is 1. The summed E-state index contributed by atoms with van der Waals surface area (Å²) in [5, 5.41) is 0.625. The van der Waals surface area contributed by atoms with Crippen molar-refractivity contribution in [1.29, 1.82) is 0 Å². The maximum atomic E-state index is 13.2. The van der Waals surface area contributed by atoms with Gasteiger partial charge < -0.3 is 19.2 Å². The van der Waals surface area contributed by atoms with E-state index in [0.29, 0.717) is 27.3 Å². The van der Waals surface area contributed by atoms with E-state index in [9.17, 15) is 17.2 Å². The molecule has 4 aromatic rings. The molecule has 0 radical (unpaired) electrons. The fourth-order valence-electron chi connectivity index (χ4n) is 3.19. The minimum Gasteiger partial charge on any atom is -0.478 e. The Balaban J connectivity index is 1.74. The fourth-order valence-corrected chi connectivity index (χ4v) is 4.55. The van der Waals surface area contributed by atoms with Gasteiger partial charge in [0.05, 0.1) is 30.3 Å². The minimum absolute atomic E-state index is 0.138. The van der Waals surface area contributed by atoms with Crippen LogP contribution in [0.25, 0.3) is 22.3 Å². The highest BCUT2D eigenvalue weighted by molar-refractivity contribution is 7.93. The van der Waals surface area contributed by atoms with Crippen molar-refractivity contribution in [3.8, 4) is 28.9 Å². The number of rotatable bonds is 9. The number of nitrogens with one attached hydrogen (secondary N) is 2. The lowest BCUT2D eigenvalue weighted by Crippen LogP contribution is -2.16. The van der Waals surface area contributed by atoms with Crippen molar-refractivity contribution in [3.05, 3.63) is 41.8 Å². The Bertz CT molecular complexity index is 1440. The number of H-pyrrole nitrogens is 1. The Labute approximate surface area is 202 Å².